The van der Waals surface area contributed by atoms with Gasteiger partial charge in [-0.3, -0.25) is 0 Å². The number of hydrogen-bond acceptors (Lipinski definition) is 1. The number of rotatable bonds is 3. The number of hydrogen-bond donors (Lipinski definition) is 0. The second-order valence-electron chi connectivity index (χ2n) is 15.0. The maximum Gasteiger partial charge on any atom is 0.126 e. The van der Waals surface area contributed by atoms with Gasteiger partial charge < -0.3 is 4.74 Å². The zero-order chi connectivity index (χ0) is 30.6. The van der Waals surface area contributed by atoms with E-state index in [0.29, 0.717) is 0 Å². The van der Waals surface area contributed by atoms with E-state index in [2.05, 4.69) is 120 Å². The van der Waals surface area contributed by atoms with Gasteiger partial charge in [0.2, 0.25) is 0 Å². The summed E-state index contributed by atoms with van der Waals surface area (Å²) in [6.07, 6.45) is 3.66. The van der Waals surface area contributed by atoms with E-state index in [1.807, 2.05) is 7.11 Å². The predicted molar refractivity (Wildman–Crippen MR) is 184 cm³/mol. The molecule has 3 aromatic carbocycles. The monoisotopic (exact) mass is 656 g/mol. The van der Waals surface area contributed by atoms with E-state index in [-0.39, 0.29) is 45.8 Å². The van der Waals surface area contributed by atoms with Gasteiger partial charge in [-0.05, 0) is 92.2 Å². The first kappa shape index (κ1) is 34.9. The molecular weight excluding hydrogens is 604 g/mol. The van der Waals surface area contributed by atoms with Crippen molar-refractivity contribution in [3.05, 3.63) is 80.4 Å². The van der Waals surface area contributed by atoms with Gasteiger partial charge in [0, 0.05) is 37.3 Å². The molecular formula is C39H54OSiZr-. The van der Waals surface area contributed by atoms with Gasteiger partial charge in [0.15, 0.2) is 0 Å². The molecule has 225 valence electrons. The van der Waals surface area contributed by atoms with Crippen molar-refractivity contribution in [2.45, 2.75) is 125 Å². The molecule has 0 amide bonds. The molecule has 0 aromatic heterocycles. The average Bonchev–Trinajstić information content (AvgIpc) is 3.53. The van der Waals surface area contributed by atoms with Crippen LogP contribution in [0.5, 0.6) is 5.75 Å². The summed E-state index contributed by atoms with van der Waals surface area (Å²) in [5.74, 6) is 1.05. The van der Waals surface area contributed by atoms with Crippen molar-refractivity contribution < 1.29 is 30.9 Å². The third-order valence-corrected chi connectivity index (χ3v) is 11.6. The van der Waals surface area contributed by atoms with E-state index < -0.39 is 0 Å². The minimum absolute atomic E-state index is 0. The van der Waals surface area contributed by atoms with Crippen LogP contribution in [0.4, 0.5) is 0 Å². The minimum atomic E-state index is -0.190. The second-order valence-corrected chi connectivity index (χ2v) is 17.7. The van der Waals surface area contributed by atoms with Gasteiger partial charge in [0.25, 0.3) is 0 Å². The molecule has 0 spiro atoms. The number of benzene rings is 2. The van der Waals surface area contributed by atoms with Gasteiger partial charge >= 0.3 is 0 Å². The van der Waals surface area contributed by atoms with Gasteiger partial charge in [-0.1, -0.05) is 89.4 Å². The molecule has 0 saturated carbocycles. The van der Waals surface area contributed by atoms with Gasteiger partial charge in [-0.25, -0.2) is 0 Å². The van der Waals surface area contributed by atoms with Crippen LogP contribution in [-0.2, 0) is 49.9 Å². The number of ether oxygens (including phenoxy) is 1. The van der Waals surface area contributed by atoms with Crippen LogP contribution in [0.15, 0.2) is 52.6 Å². The molecule has 1 radical (unpaired) electrons. The molecule has 0 aliphatic heterocycles. The molecule has 2 aliphatic rings. The van der Waals surface area contributed by atoms with Crippen LogP contribution in [0.25, 0.3) is 21.9 Å². The maximum atomic E-state index is 6.00. The standard InChI is InChI=1S/C28H35O.C11H19Si.Zr/c1-17-12-19-14-18-10-9-11-21(18)25(22(19)13-17)20-15-23(27(2,3)4)26(29-8)24(16-20)28(5,6)7;1-7-8(2)10(4)11(9(7)3)12(5)6;/h12-16H,9-11H2,1-8H3;11H,1-6H3;/q-1;;. The van der Waals surface area contributed by atoms with Crippen LogP contribution in [0.1, 0.15) is 103 Å². The molecule has 0 N–H and O–H groups in total. The molecule has 0 atom stereocenters. The molecule has 2 aliphatic carbocycles. The largest absolute Gasteiger partial charge is 0.496 e. The third kappa shape index (κ3) is 6.58. The van der Waals surface area contributed by atoms with E-state index in [4.69, 9.17) is 4.74 Å². The summed E-state index contributed by atoms with van der Waals surface area (Å²) in [4.78, 5) is 0. The first-order chi connectivity index (χ1) is 19.0. The van der Waals surface area contributed by atoms with Gasteiger partial charge in [0.1, 0.15) is 5.75 Å². The van der Waals surface area contributed by atoms with Crippen LogP contribution >= 0.6 is 0 Å². The van der Waals surface area contributed by atoms with Crippen molar-refractivity contribution >= 4 is 19.6 Å². The Labute approximate surface area is 278 Å². The molecule has 42 heavy (non-hydrogen) atoms. The molecule has 3 heteroatoms. The van der Waals surface area contributed by atoms with Crippen molar-refractivity contribution in [1.29, 1.82) is 0 Å². The van der Waals surface area contributed by atoms with Crippen molar-refractivity contribution in [1.82, 2.24) is 0 Å². The third-order valence-electron chi connectivity index (χ3n) is 9.61. The fourth-order valence-corrected chi connectivity index (χ4v) is 9.39. The van der Waals surface area contributed by atoms with Gasteiger partial charge in [0.05, 0.1) is 15.9 Å². The first-order valence-corrected chi connectivity index (χ1v) is 18.1. The van der Waals surface area contributed by atoms with Gasteiger partial charge in [-0.2, -0.15) is 6.07 Å². The summed E-state index contributed by atoms with van der Waals surface area (Å²) in [5, 5.41) is 2.80. The molecule has 0 fully saturated rings. The average molecular weight is 658 g/mol. The van der Waals surface area contributed by atoms with Crippen LogP contribution < -0.4 is 4.74 Å². The second kappa shape index (κ2) is 12.8. The molecule has 0 unspecified atom stereocenters. The zero-order valence-electron chi connectivity index (χ0n) is 29.0. The fourth-order valence-electron chi connectivity index (χ4n) is 7.23. The van der Waals surface area contributed by atoms with Gasteiger partial charge in [-0.15, -0.1) is 28.5 Å². The van der Waals surface area contributed by atoms with E-state index in [1.54, 1.807) is 33.4 Å². The zero-order valence-corrected chi connectivity index (χ0v) is 32.5. The van der Waals surface area contributed by atoms with Crippen molar-refractivity contribution in [2.24, 2.45) is 0 Å². The van der Waals surface area contributed by atoms with Crippen LogP contribution in [-0.4, -0.2) is 15.9 Å². The van der Waals surface area contributed by atoms with Crippen LogP contribution in [0.3, 0.4) is 0 Å². The normalized spacial score (nSPS) is 15.8. The first-order valence-electron chi connectivity index (χ1n) is 15.6. The topological polar surface area (TPSA) is 9.23 Å². The Kier molecular flexibility index (Phi) is 10.6. The molecule has 0 bridgehead atoms. The summed E-state index contributed by atoms with van der Waals surface area (Å²) < 4.78 is 6.00. The predicted octanol–water partition coefficient (Wildman–Crippen LogP) is 11.4. The minimum Gasteiger partial charge on any atom is -0.496 e. The van der Waals surface area contributed by atoms with E-state index in [0.717, 1.165) is 11.3 Å². The fraction of sp³-hybridized carbons (Fsp3) is 0.513. The maximum absolute atomic E-state index is 6.00. The molecule has 3 aromatic rings. The molecule has 0 saturated heterocycles. The van der Waals surface area contributed by atoms with E-state index in [9.17, 15) is 0 Å². The summed E-state index contributed by atoms with van der Waals surface area (Å²) in [5.41, 5.74) is 17.1. The Morgan fingerprint density at radius 2 is 1.31 bits per heavy atom. The summed E-state index contributed by atoms with van der Waals surface area (Å²) in [7, 11) is 1.63. The number of fused-ring (bicyclic) bond motifs is 2. The van der Waals surface area contributed by atoms with Crippen molar-refractivity contribution in [3.8, 4) is 16.9 Å². The van der Waals surface area contributed by atoms with Crippen LogP contribution in [0, 0.1) is 6.92 Å². The Morgan fingerprint density at radius 3 is 1.74 bits per heavy atom. The number of methoxy groups -OCH3 is 1. The SMILES string of the molecule is CC1=C(C)C([Si](C)C)C(C)=C1C.COc1c(C(C)(C)C)cc(-c2c3c(cc4[cH-]c(C)cc24)CCC3)cc1C(C)(C)C.[Zr]. The smallest absolute Gasteiger partial charge is 0.126 e. The van der Waals surface area contributed by atoms with Crippen molar-refractivity contribution in [2.75, 3.05) is 7.11 Å². The Bertz CT molecular complexity index is 1470. The Hall–Kier alpha value is -1.57. The number of allylic oxidation sites excluding steroid dienone is 4. The Morgan fingerprint density at radius 1 is 0.786 bits per heavy atom. The van der Waals surface area contributed by atoms with E-state index >= 15 is 0 Å². The Balaban J connectivity index is 0.000000315. The molecule has 0 heterocycles. The summed E-state index contributed by atoms with van der Waals surface area (Å²) >= 11 is 0. The molecule has 1 nitrogen and oxygen atoms in total. The summed E-state index contributed by atoms with van der Waals surface area (Å²) in [6, 6.07) is 12.0. The quantitative estimate of drug-likeness (QED) is 0.201. The molecule has 5 rings (SSSR count). The van der Waals surface area contributed by atoms with E-state index in [1.165, 1.54) is 57.9 Å². The number of aryl methyl sites for hydroxylation is 2. The summed E-state index contributed by atoms with van der Waals surface area (Å²) in [6.45, 7) is 29.9. The van der Waals surface area contributed by atoms with Crippen molar-refractivity contribution in [3.63, 3.8) is 0 Å². The van der Waals surface area contributed by atoms with Crippen LogP contribution in [0.2, 0.25) is 18.6 Å².